The quantitative estimate of drug-likeness (QED) is 0.284. The molecule has 0 unspecified atom stereocenters. The zero-order valence-corrected chi connectivity index (χ0v) is 20.0. The third-order valence-electron chi connectivity index (χ3n) is 6.67. The second-order valence-corrected chi connectivity index (χ2v) is 9.08. The van der Waals surface area contributed by atoms with E-state index in [-0.39, 0.29) is 11.3 Å². The Morgan fingerprint density at radius 3 is 2.53 bits per heavy atom. The Morgan fingerprint density at radius 1 is 0.889 bits per heavy atom. The highest BCUT2D eigenvalue weighted by Crippen LogP contribution is 2.30. The number of hydrogen-bond donors (Lipinski definition) is 2. The van der Waals surface area contributed by atoms with E-state index >= 15 is 0 Å². The van der Waals surface area contributed by atoms with Gasteiger partial charge in [-0.3, -0.25) is 9.59 Å². The van der Waals surface area contributed by atoms with Crippen LogP contribution in [0.15, 0.2) is 94.1 Å². The van der Waals surface area contributed by atoms with Crippen molar-refractivity contribution in [3.05, 3.63) is 112 Å². The number of hydrogen-bond acceptors (Lipinski definition) is 3. The van der Waals surface area contributed by atoms with Crippen LogP contribution in [0, 0.1) is 6.92 Å². The second-order valence-electron chi connectivity index (χ2n) is 9.08. The lowest BCUT2D eigenvalue weighted by atomic mass is 10.1. The molecule has 2 aromatic heterocycles. The zero-order chi connectivity index (χ0) is 24.8. The number of benzene rings is 4. The SMILES string of the molecule is CCc1cccc2c1[nH]c1cc(NC(=O)c3ccc(-c4cc(=O)c5cc(C)ccc5o4)cc3)ccc12. The molecule has 1 amide bonds. The molecule has 5 heteroatoms. The van der Waals surface area contributed by atoms with Gasteiger partial charge in [0.15, 0.2) is 5.43 Å². The van der Waals surface area contributed by atoms with Crippen molar-refractivity contribution in [3.8, 4) is 11.3 Å². The van der Waals surface area contributed by atoms with E-state index in [9.17, 15) is 9.59 Å². The molecular weight excluding hydrogens is 448 g/mol. The van der Waals surface area contributed by atoms with Crippen molar-refractivity contribution in [1.82, 2.24) is 4.98 Å². The number of amides is 1. The van der Waals surface area contributed by atoms with Gasteiger partial charge in [0.1, 0.15) is 11.3 Å². The number of para-hydroxylation sites is 1. The number of fused-ring (bicyclic) bond motifs is 4. The largest absolute Gasteiger partial charge is 0.456 e. The average Bonchev–Trinajstić information content (AvgIpc) is 3.27. The van der Waals surface area contributed by atoms with Gasteiger partial charge in [-0.25, -0.2) is 0 Å². The Labute approximate surface area is 207 Å². The van der Waals surface area contributed by atoms with Gasteiger partial charge in [-0.15, -0.1) is 0 Å². The molecule has 0 saturated heterocycles. The summed E-state index contributed by atoms with van der Waals surface area (Å²) in [5.74, 6) is 0.265. The van der Waals surface area contributed by atoms with Crippen molar-refractivity contribution in [2.75, 3.05) is 5.32 Å². The van der Waals surface area contributed by atoms with Gasteiger partial charge in [0, 0.05) is 44.7 Å². The molecule has 2 heterocycles. The summed E-state index contributed by atoms with van der Waals surface area (Å²) in [6.45, 7) is 4.09. The van der Waals surface area contributed by atoms with Crippen molar-refractivity contribution in [2.45, 2.75) is 20.3 Å². The van der Waals surface area contributed by atoms with Crippen molar-refractivity contribution in [2.24, 2.45) is 0 Å². The number of nitrogens with one attached hydrogen (secondary N) is 2. The highest BCUT2D eigenvalue weighted by Gasteiger charge is 2.12. The Bertz CT molecular complexity index is 1840. The Hall–Kier alpha value is -4.64. The first-order valence-corrected chi connectivity index (χ1v) is 12.0. The fourth-order valence-corrected chi connectivity index (χ4v) is 4.76. The number of carbonyl (C=O) groups is 1. The van der Waals surface area contributed by atoms with E-state index < -0.39 is 0 Å². The first-order valence-electron chi connectivity index (χ1n) is 12.0. The van der Waals surface area contributed by atoms with E-state index in [1.54, 1.807) is 24.3 Å². The van der Waals surface area contributed by atoms with E-state index in [1.165, 1.54) is 17.0 Å². The van der Waals surface area contributed by atoms with Crippen LogP contribution in [0.1, 0.15) is 28.4 Å². The predicted molar refractivity (Wildman–Crippen MR) is 146 cm³/mol. The van der Waals surface area contributed by atoms with Crippen LogP contribution < -0.4 is 10.7 Å². The van der Waals surface area contributed by atoms with Crippen LogP contribution in [0.3, 0.4) is 0 Å². The van der Waals surface area contributed by atoms with Gasteiger partial charge >= 0.3 is 0 Å². The van der Waals surface area contributed by atoms with Crippen LogP contribution in [0.2, 0.25) is 0 Å². The second kappa shape index (κ2) is 8.54. The number of aromatic amines is 1. The smallest absolute Gasteiger partial charge is 0.255 e. The van der Waals surface area contributed by atoms with Crippen LogP contribution in [0.4, 0.5) is 5.69 Å². The van der Waals surface area contributed by atoms with Crippen LogP contribution in [-0.2, 0) is 6.42 Å². The predicted octanol–water partition coefficient (Wildman–Crippen LogP) is 7.22. The Balaban J connectivity index is 1.26. The average molecular weight is 473 g/mol. The fourth-order valence-electron chi connectivity index (χ4n) is 4.76. The normalized spacial score (nSPS) is 11.4. The summed E-state index contributed by atoms with van der Waals surface area (Å²) in [5, 5.41) is 5.87. The first kappa shape index (κ1) is 21.9. The third-order valence-corrected chi connectivity index (χ3v) is 6.67. The minimum Gasteiger partial charge on any atom is -0.456 e. The van der Waals surface area contributed by atoms with Crippen LogP contribution >= 0.6 is 0 Å². The number of anilines is 1. The molecule has 0 aliphatic carbocycles. The summed E-state index contributed by atoms with van der Waals surface area (Å²) in [6, 6.07) is 26.4. The molecule has 0 radical (unpaired) electrons. The molecule has 0 saturated carbocycles. The Kier molecular flexibility index (Phi) is 5.19. The maximum Gasteiger partial charge on any atom is 0.255 e. The van der Waals surface area contributed by atoms with Crippen molar-refractivity contribution in [1.29, 1.82) is 0 Å². The molecule has 0 spiro atoms. The maximum absolute atomic E-state index is 12.9. The van der Waals surface area contributed by atoms with Crippen LogP contribution in [0.5, 0.6) is 0 Å². The highest BCUT2D eigenvalue weighted by atomic mass is 16.3. The molecule has 0 aliphatic heterocycles. The van der Waals surface area contributed by atoms with Gasteiger partial charge in [-0.1, -0.05) is 55.0 Å². The summed E-state index contributed by atoms with van der Waals surface area (Å²) in [4.78, 5) is 29.0. The van der Waals surface area contributed by atoms with Gasteiger partial charge in [0.2, 0.25) is 0 Å². The summed E-state index contributed by atoms with van der Waals surface area (Å²) >= 11 is 0. The molecule has 6 aromatic rings. The van der Waals surface area contributed by atoms with Gasteiger partial charge in [0.25, 0.3) is 5.91 Å². The summed E-state index contributed by atoms with van der Waals surface area (Å²) in [7, 11) is 0. The molecule has 4 aromatic carbocycles. The van der Waals surface area contributed by atoms with Crippen LogP contribution in [-0.4, -0.2) is 10.9 Å². The van der Waals surface area contributed by atoms with Gasteiger partial charge < -0.3 is 14.7 Å². The number of aryl methyl sites for hydroxylation is 2. The number of carbonyl (C=O) groups excluding carboxylic acids is 1. The topological polar surface area (TPSA) is 75.1 Å². The summed E-state index contributed by atoms with van der Waals surface area (Å²) in [5.41, 5.74) is 6.83. The lowest BCUT2D eigenvalue weighted by Gasteiger charge is -2.07. The zero-order valence-electron chi connectivity index (χ0n) is 20.0. The number of H-pyrrole nitrogens is 1. The van der Waals surface area contributed by atoms with E-state index in [0.29, 0.717) is 22.3 Å². The molecule has 2 N–H and O–H groups in total. The van der Waals surface area contributed by atoms with Gasteiger partial charge in [-0.05, 0) is 55.3 Å². The third kappa shape index (κ3) is 3.75. The monoisotopic (exact) mass is 472 g/mol. The van der Waals surface area contributed by atoms with E-state index in [2.05, 4.69) is 35.4 Å². The number of aromatic nitrogens is 1. The lowest BCUT2D eigenvalue weighted by Crippen LogP contribution is -2.11. The van der Waals surface area contributed by atoms with Gasteiger partial charge in [-0.2, -0.15) is 0 Å². The summed E-state index contributed by atoms with van der Waals surface area (Å²) < 4.78 is 5.96. The molecular formula is C31H24N2O3. The molecule has 0 atom stereocenters. The molecule has 0 bridgehead atoms. The minimum atomic E-state index is -0.207. The minimum absolute atomic E-state index is 0.0878. The highest BCUT2D eigenvalue weighted by molar-refractivity contribution is 6.10. The molecule has 0 fully saturated rings. The Morgan fingerprint density at radius 2 is 1.72 bits per heavy atom. The van der Waals surface area contributed by atoms with Crippen molar-refractivity contribution < 1.29 is 9.21 Å². The van der Waals surface area contributed by atoms with Crippen molar-refractivity contribution >= 4 is 44.4 Å². The molecule has 6 rings (SSSR count). The van der Waals surface area contributed by atoms with Crippen LogP contribution in [0.25, 0.3) is 44.1 Å². The lowest BCUT2D eigenvalue weighted by molar-refractivity contribution is 0.102. The summed E-state index contributed by atoms with van der Waals surface area (Å²) in [6.07, 6.45) is 0.950. The van der Waals surface area contributed by atoms with E-state index in [1.807, 2.05) is 43.3 Å². The molecule has 176 valence electrons. The van der Waals surface area contributed by atoms with E-state index in [0.717, 1.165) is 39.7 Å². The molecule has 5 nitrogen and oxygen atoms in total. The molecule has 0 aliphatic rings. The number of rotatable bonds is 4. The van der Waals surface area contributed by atoms with Gasteiger partial charge in [0.05, 0.1) is 5.39 Å². The fraction of sp³-hybridized carbons (Fsp3) is 0.0968. The van der Waals surface area contributed by atoms with E-state index in [4.69, 9.17) is 4.42 Å². The first-order chi connectivity index (χ1) is 17.5. The maximum atomic E-state index is 12.9. The standard InChI is InChI=1S/C31H24N2O3/c1-3-19-5-4-6-24-23-13-12-22(16-26(23)33-30(19)24)32-31(35)21-10-8-20(9-11-21)29-17-27(34)25-15-18(2)7-14-28(25)36-29/h4-17,33H,3H2,1-2H3,(H,32,35). The molecule has 36 heavy (non-hydrogen) atoms. The van der Waals surface area contributed by atoms with Crippen molar-refractivity contribution in [3.63, 3.8) is 0 Å².